The number of aromatic nitrogens is 3. The molecule has 2 aromatic heterocycles. The van der Waals surface area contributed by atoms with Crippen molar-refractivity contribution in [2.24, 2.45) is 0 Å². The first-order valence-electron chi connectivity index (χ1n) is 6.04. The Labute approximate surface area is 113 Å². The van der Waals surface area contributed by atoms with E-state index in [1.165, 1.54) is 10.9 Å². The third-order valence-corrected chi connectivity index (χ3v) is 3.46. The number of ether oxygens (including phenoxy) is 1. The number of fused-ring (bicyclic) bond motifs is 1. The maximum Gasteiger partial charge on any atom is 0.166 e. The second-order valence-corrected chi connectivity index (χ2v) is 4.66. The van der Waals surface area contributed by atoms with Crippen LogP contribution in [0.2, 0.25) is 0 Å². The molecular formula is C11H15N5O4. The zero-order valence-corrected chi connectivity index (χ0v) is 10.4. The Morgan fingerprint density at radius 2 is 2.00 bits per heavy atom. The second kappa shape index (κ2) is 4.56. The van der Waals surface area contributed by atoms with Crippen molar-refractivity contribution in [3.63, 3.8) is 0 Å². The van der Waals surface area contributed by atoms with Gasteiger partial charge in [-0.05, 0) is 6.07 Å². The highest BCUT2D eigenvalue weighted by Crippen LogP contribution is 2.35. The first-order chi connectivity index (χ1) is 9.54. The van der Waals surface area contributed by atoms with Crippen LogP contribution in [-0.2, 0) is 4.74 Å². The topological polar surface area (TPSA) is 153 Å². The molecule has 1 aliphatic heterocycles. The van der Waals surface area contributed by atoms with Gasteiger partial charge in [-0.1, -0.05) is 0 Å². The largest absolute Gasteiger partial charge is 0.394 e. The normalized spacial score (nSPS) is 30.1. The molecule has 0 aromatic carbocycles. The van der Waals surface area contributed by atoms with Crippen molar-refractivity contribution in [2.75, 3.05) is 18.1 Å². The average molecular weight is 281 g/mol. The van der Waals surface area contributed by atoms with Crippen LogP contribution in [-0.4, -0.2) is 54.8 Å². The fraction of sp³-hybridized carbons (Fsp3) is 0.455. The van der Waals surface area contributed by atoms with Gasteiger partial charge in [0.05, 0.1) is 12.0 Å². The Morgan fingerprint density at radius 3 is 2.65 bits per heavy atom. The molecule has 0 spiro atoms. The van der Waals surface area contributed by atoms with E-state index in [0.29, 0.717) is 11.0 Å². The molecule has 0 radical (unpaired) electrons. The first-order valence-corrected chi connectivity index (χ1v) is 6.04. The summed E-state index contributed by atoms with van der Waals surface area (Å²) >= 11 is 0. The van der Waals surface area contributed by atoms with Crippen molar-refractivity contribution < 1.29 is 20.1 Å². The Kier molecular flexibility index (Phi) is 2.98. The van der Waals surface area contributed by atoms with Gasteiger partial charge in [0.25, 0.3) is 0 Å². The minimum absolute atomic E-state index is 0.257. The predicted octanol–water partition coefficient (Wildman–Crippen LogP) is -1.79. The molecule has 20 heavy (non-hydrogen) atoms. The molecule has 1 unspecified atom stereocenters. The standard InChI is InChI=1S/C11H15N5O4/c12-6-1-4-9(13)14-3-15-10(4)16(6)11-8(19)7(18)5(2-17)20-11/h1,3,5,7-8,11,17-19H,2,12H2,(H2,13,14,15)/t5-,7-,8-,11?/m1/s1. The molecule has 1 fully saturated rings. The zero-order chi connectivity index (χ0) is 14.4. The van der Waals surface area contributed by atoms with E-state index in [2.05, 4.69) is 9.97 Å². The molecule has 3 rings (SSSR count). The van der Waals surface area contributed by atoms with E-state index >= 15 is 0 Å². The zero-order valence-electron chi connectivity index (χ0n) is 10.4. The van der Waals surface area contributed by atoms with Crippen LogP contribution in [0.15, 0.2) is 12.4 Å². The van der Waals surface area contributed by atoms with E-state index in [0.717, 1.165) is 0 Å². The molecule has 0 amide bonds. The van der Waals surface area contributed by atoms with Crippen LogP contribution in [0.3, 0.4) is 0 Å². The SMILES string of the molecule is Nc1ncnc2c1cc(N)n2C1O[C@H](CO)[C@@H](O)[C@H]1O. The van der Waals surface area contributed by atoms with Crippen molar-refractivity contribution in [3.05, 3.63) is 12.4 Å². The van der Waals surface area contributed by atoms with Crippen LogP contribution >= 0.6 is 0 Å². The fourth-order valence-electron chi connectivity index (χ4n) is 2.43. The maximum absolute atomic E-state index is 10.0. The highest BCUT2D eigenvalue weighted by molar-refractivity contribution is 5.89. The van der Waals surface area contributed by atoms with Gasteiger partial charge in [0, 0.05) is 0 Å². The number of aliphatic hydroxyl groups excluding tert-OH is 3. The van der Waals surface area contributed by atoms with E-state index in [9.17, 15) is 10.2 Å². The minimum Gasteiger partial charge on any atom is -0.394 e. The summed E-state index contributed by atoms with van der Waals surface area (Å²) in [5, 5.41) is 29.5. The lowest BCUT2D eigenvalue weighted by atomic mass is 10.1. The quantitative estimate of drug-likeness (QED) is 0.432. The van der Waals surface area contributed by atoms with Crippen LogP contribution in [0.25, 0.3) is 11.0 Å². The van der Waals surface area contributed by atoms with Gasteiger partial charge >= 0.3 is 0 Å². The van der Waals surface area contributed by atoms with E-state index < -0.39 is 31.1 Å². The van der Waals surface area contributed by atoms with E-state index in [-0.39, 0.29) is 11.6 Å². The number of nitrogens with two attached hydrogens (primary N) is 2. The molecule has 7 N–H and O–H groups in total. The summed E-state index contributed by atoms with van der Waals surface area (Å²) in [5.41, 5.74) is 12.0. The number of nitrogen functional groups attached to an aromatic ring is 2. The number of hydrogen-bond donors (Lipinski definition) is 5. The van der Waals surface area contributed by atoms with E-state index in [4.69, 9.17) is 21.3 Å². The Balaban J connectivity index is 2.11. The van der Waals surface area contributed by atoms with Gasteiger partial charge < -0.3 is 31.5 Å². The monoisotopic (exact) mass is 281 g/mol. The van der Waals surface area contributed by atoms with Crippen molar-refractivity contribution in [2.45, 2.75) is 24.5 Å². The highest BCUT2D eigenvalue weighted by atomic mass is 16.6. The fourth-order valence-corrected chi connectivity index (χ4v) is 2.43. The van der Waals surface area contributed by atoms with E-state index in [1.54, 1.807) is 6.07 Å². The molecule has 4 atom stereocenters. The summed E-state index contributed by atoms with van der Waals surface area (Å²) in [7, 11) is 0. The summed E-state index contributed by atoms with van der Waals surface area (Å²) in [4.78, 5) is 7.93. The Bertz CT molecular complexity index is 645. The highest BCUT2D eigenvalue weighted by Gasteiger charge is 2.44. The first kappa shape index (κ1) is 13.1. The third-order valence-electron chi connectivity index (χ3n) is 3.46. The van der Waals surface area contributed by atoms with Gasteiger partial charge in [0.15, 0.2) is 6.23 Å². The van der Waals surface area contributed by atoms with Gasteiger partial charge in [-0.2, -0.15) is 0 Å². The van der Waals surface area contributed by atoms with E-state index in [1.807, 2.05) is 0 Å². The predicted molar refractivity (Wildman–Crippen MR) is 69.4 cm³/mol. The van der Waals surface area contributed by atoms with Crippen LogP contribution in [0.4, 0.5) is 11.6 Å². The van der Waals surface area contributed by atoms with Crippen LogP contribution in [0.1, 0.15) is 6.23 Å². The number of anilines is 2. The van der Waals surface area contributed by atoms with Gasteiger partial charge in [0.1, 0.15) is 41.9 Å². The molecule has 1 saturated heterocycles. The van der Waals surface area contributed by atoms with Crippen molar-refractivity contribution >= 4 is 22.7 Å². The molecule has 108 valence electrons. The lowest BCUT2D eigenvalue weighted by Crippen LogP contribution is -2.33. The molecule has 1 aliphatic rings. The van der Waals surface area contributed by atoms with Crippen molar-refractivity contribution in [1.82, 2.24) is 14.5 Å². The summed E-state index contributed by atoms with van der Waals surface area (Å²) in [6.45, 7) is -0.412. The number of nitrogens with zero attached hydrogens (tertiary/aromatic N) is 3. The molecule has 3 heterocycles. The van der Waals surface area contributed by atoms with Gasteiger partial charge in [-0.3, -0.25) is 4.57 Å². The van der Waals surface area contributed by atoms with Gasteiger partial charge in [-0.25, -0.2) is 9.97 Å². The molecule has 9 nitrogen and oxygen atoms in total. The third kappa shape index (κ3) is 1.72. The molecule has 2 aromatic rings. The lowest BCUT2D eigenvalue weighted by Gasteiger charge is -2.18. The molecule has 0 saturated carbocycles. The second-order valence-electron chi connectivity index (χ2n) is 4.66. The number of hydrogen-bond acceptors (Lipinski definition) is 8. The van der Waals surface area contributed by atoms with Gasteiger partial charge in [0.2, 0.25) is 0 Å². The molecule has 9 heteroatoms. The Morgan fingerprint density at radius 1 is 1.25 bits per heavy atom. The summed E-state index contributed by atoms with van der Waals surface area (Å²) in [6, 6.07) is 1.57. The minimum atomic E-state index is -1.23. The van der Waals surface area contributed by atoms with Crippen LogP contribution in [0, 0.1) is 0 Å². The lowest BCUT2D eigenvalue weighted by molar-refractivity contribution is -0.0498. The number of aliphatic hydroxyl groups is 3. The summed E-state index contributed by atoms with van der Waals surface area (Å²) in [5.74, 6) is 0.522. The summed E-state index contributed by atoms with van der Waals surface area (Å²) < 4.78 is 6.87. The number of rotatable bonds is 2. The molecular weight excluding hydrogens is 266 g/mol. The molecule has 0 bridgehead atoms. The van der Waals surface area contributed by atoms with Crippen molar-refractivity contribution in [3.8, 4) is 0 Å². The Hall–Kier alpha value is -1.94. The summed E-state index contributed by atoms with van der Waals surface area (Å²) in [6.07, 6.45) is -3.00. The van der Waals surface area contributed by atoms with Crippen LogP contribution in [0.5, 0.6) is 0 Å². The average Bonchev–Trinajstić information content (AvgIpc) is 2.90. The maximum atomic E-state index is 10.0. The van der Waals surface area contributed by atoms with Crippen molar-refractivity contribution in [1.29, 1.82) is 0 Å². The smallest absolute Gasteiger partial charge is 0.166 e. The molecule has 0 aliphatic carbocycles. The van der Waals surface area contributed by atoms with Crippen LogP contribution < -0.4 is 11.5 Å². The van der Waals surface area contributed by atoms with Gasteiger partial charge in [-0.15, -0.1) is 0 Å².